The minimum absolute atomic E-state index is 0.115. The molecule has 0 aliphatic heterocycles. The molecule has 10 heteroatoms. The molecule has 0 saturated carbocycles. The summed E-state index contributed by atoms with van der Waals surface area (Å²) < 4.78 is 35.8. The highest BCUT2D eigenvalue weighted by Gasteiger charge is 2.17. The monoisotopic (exact) mass is 476 g/mol. The van der Waals surface area contributed by atoms with Crippen molar-refractivity contribution in [2.75, 3.05) is 24.5 Å². The maximum absolute atomic E-state index is 12.3. The number of hydrogen-bond acceptors (Lipinski definition) is 5. The summed E-state index contributed by atoms with van der Waals surface area (Å²) in [6.45, 7) is 3.54. The third-order valence-electron chi connectivity index (χ3n) is 3.56. The first-order valence-corrected chi connectivity index (χ1v) is 11.2. The second-order valence-electron chi connectivity index (χ2n) is 5.71. The Morgan fingerprint density at radius 3 is 2.56 bits per heavy atom. The first-order valence-electron chi connectivity index (χ1n) is 8.54. The SMILES string of the molecule is CCCCOCCCNS(=O)(=O)Nc1ncnc(Cl)c1-c1ccc(Br)cc1. The lowest BCUT2D eigenvalue weighted by Gasteiger charge is -2.13. The van der Waals surface area contributed by atoms with Gasteiger partial charge in [0.15, 0.2) is 5.82 Å². The van der Waals surface area contributed by atoms with Gasteiger partial charge in [-0.15, -0.1) is 0 Å². The van der Waals surface area contributed by atoms with E-state index in [1.54, 1.807) is 12.1 Å². The predicted molar refractivity (Wildman–Crippen MR) is 111 cm³/mol. The molecule has 1 heterocycles. The highest BCUT2D eigenvalue weighted by atomic mass is 79.9. The van der Waals surface area contributed by atoms with Crippen LogP contribution in [0.2, 0.25) is 5.15 Å². The number of nitrogens with one attached hydrogen (secondary N) is 2. The summed E-state index contributed by atoms with van der Waals surface area (Å²) in [5, 5.41) is 0.161. The zero-order valence-corrected chi connectivity index (χ0v) is 18.1. The summed E-state index contributed by atoms with van der Waals surface area (Å²) in [6.07, 6.45) is 3.86. The molecule has 0 spiro atoms. The lowest BCUT2D eigenvalue weighted by atomic mass is 10.1. The minimum atomic E-state index is -3.80. The van der Waals surface area contributed by atoms with Gasteiger partial charge in [-0.05, 0) is 30.5 Å². The number of aromatic nitrogens is 2. The van der Waals surface area contributed by atoms with Gasteiger partial charge in [0, 0.05) is 24.2 Å². The predicted octanol–water partition coefficient (Wildman–Crippen LogP) is 4.01. The van der Waals surface area contributed by atoms with E-state index in [1.165, 1.54) is 6.33 Å². The molecule has 1 aromatic carbocycles. The van der Waals surface area contributed by atoms with Crippen LogP contribution >= 0.6 is 27.5 Å². The molecule has 0 aliphatic carbocycles. The molecule has 1 aromatic heterocycles. The Balaban J connectivity index is 2.01. The average molecular weight is 478 g/mol. The number of hydrogen-bond donors (Lipinski definition) is 2. The molecule has 0 radical (unpaired) electrons. The molecule has 148 valence electrons. The number of ether oxygens (including phenoxy) is 1. The number of nitrogens with zero attached hydrogens (tertiary/aromatic N) is 2. The minimum Gasteiger partial charge on any atom is -0.381 e. The second kappa shape index (κ2) is 10.9. The number of halogens is 2. The van der Waals surface area contributed by atoms with Crippen LogP contribution in [0.3, 0.4) is 0 Å². The standard InChI is InChI=1S/C17H22BrClN4O3S/c1-2-3-10-26-11-4-9-22-27(24,25)23-17-15(16(19)20-12-21-17)13-5-7-14(18)8-6-13/h5-8,12,22H,2-4,9-11H2,1H3,(H,20,21,23). The van der Waals surface area contributed by atoms with Crippen molar-refractivity contribution < 1.29 is 13.2 Å². The molecule has 7 nitrogen and oxygen atoms in total. The van der Waals surface area contributed by atoms with Gasteiger partial charge in [-0.3, -0.25) is 4.72 Å². The van der Waals surface area contributed by atoms with E-state index in [2.05, 4.69) is 42.3 Å². The maximum Gasteiger partial charge on any atom is 0.300 e. The highest BCUT2D eigenvalue weighted by molar-refractivity contribution is 9.10. The van der Waals surface area contributed by atoms with Gasteiger partial charge in [0.1, 0.15) is 11.5 Å². The number of unbranched alkanes of at least 4 members (excludes halogenated alkanes) is 1. The van der Waals surface area contributed by atoms with Gasteiger partial charge < -0.3 is 4.74 Å². The van der Waals surface area contributed by atoms with Crippen molar-refractivity contribution in [1.29, 1.82) is 0 Å². The lowest BCUT2D eigenvalue weighted by molar-refractivity contribution is 0.130. The van der Waals surface area contributed by atoms with Crippen LogP contribution in [0.4, 0.5) is 5.82 Å². The van der Waals surface area contributed by atoms with Crippen LogP contribution in [0.1, 0.15) is 26.2 Å². The molecule has 0 fully saturated rings. The van der Waals surface area contributed by atoms with Crippen molar-refractivity contribution in [2.24, 2.45) is 0 Å². The Hall–Kier alpha value is -1.26. The van der Waals surface area contributed by atoms with Crippen LogP contribution in [-0.2, 0) is 14.9 Å². The summed E-state index contributed by atoms with van der Waals surface area (Å²) in [5.41, 5.74) is 1.12. The van der Waals surface area contributed by atoms with E-state index in [-0.39, 0.29) is 17.5 Å². The Bertz CT molecular complexity index is 835. The van der Waals surface area contributed by atoms with E-state index in [0.717, 1.165) is 17.3 Å². The molecule has 0 unspecified atom stereocenters. The number of anilines is 1. The second-order valence-corrected chi connectivity index (χ2v) is 8.49. The summed E-state index contributed by atoms with van der Waals surface area (Å²) in [6, 6.07) is 7.25. The van der Waals surface area contributed by atoms with E-state index in [0.29, 0.717) is 30.8 Å². The van der Waals surface area contributed by atoms with E-state index in [9.17, 15) is 8.42 Å². The molecule has 0 aliphatic rings. The Morgan fingerprint density at radius 2 is 1.85 bits per heavy atom. The molecule has 0 atom stereocenters. The van der Waals surface area contributed by atoms with E-state index in [4.69, 9.17) is 16.3 Å². The average Bonchev–Trinajstić information content (AvgIpc) is 2.62. The summed E-state index contributed by atoms with van der Waals surface area (Å²) >= 11 is 9.55. The maximum atomic E-state index is 12.3. The Kier molecular flexibility index (Phi) is 8.91. The van der Waals surface area contributed by atoms with Crippen molar-refractivity contribution in [3.63, 3.8) is 0 Å². The molecule has 2 rings (SSSR count). The van der Waals surface area contributed by atoms with Gasteiger partial charge in [0.25, 0.3) is 10.2 Å². The van der Waals surface area contributed by atoms with Crippen LogP contribution in [0.15, 0.2) is 35.1 Å². The highest BCUT2D eigenvalue weighted by Crippen LogP contribution is 2.32. The van der Waals surface area contributed by atoms with Crippen LogP contribution in [0.5, 0.6) is 0 Å². The fourth-order valence-electron chi connectivity index (χ4n) is 2.21. The van der Waals surface area contributed by atoms with Gasteiger partial charge in [0.05, 0.1) is 5.56 Å². The van der Waals surface area contributed by atoms with E-state index in [1.807, 2.05) is 12.1 Å². The van der Waals surface area contributed by atoms with E-state index >= 15 is 0 Å². The van der Waals surface area contributed by atoms with Gasteiger partial charge in [-0.2, -0.15) is 13.1 Å². The van der Waals surface area contributed by atoms with Gasteiger partial charge >= 0.3 is 0 Å². The fourth-order valence-corrected chi connectivity index (χ4v) is 3.61. The van der Waals surface area contributed by atoms with Gasteiger partial charge in [-0.25, -0.2) is 9.97 Å². The zero-order chi connectivity index (χ0) is 19.7. The normalized spacial score (nSPS) is 11.5. The molecule has 2 N–H and O–H groups in total. The largest absolute Gasteiger partial charge is 0.381 e. The van der Waals surface area contributed by atoms with Crippen molar-refractivity contribution in [3.05, 3.63) is 40.2 Å². The van der Waals surface area contributed by atoms with E-state index < -0.39 is 10.2 Å². The quantitative estimate of drug-likeness (QED) is 0.377. The molecule has 2 aromatic rings. The van der Waals surface area contributed by atoms with Crippen molar-refractivity contribution in [2.45, 2.75) is 26.2 Å². The van der Waals surface area contributed by atoms with Crippen LogP contribution in [-0.4, -0.2) is 38.1 Å². The first-order chi connectivity index (χ1) is 12.9. The Labute approximate surface area is 173 Å². The smallest absolute Gasteiger partial charge is 0.300 e. The third-order valence-corrected chi connectivity index (χ3v) is 5.43. The molecule has 27 heavy (non-hydrogen) atoms. The third kappa shape index (κ3) is 7.34. The van der Waals surface area contributed by atoms with Crippen molar-refractivity contribution in [1.82, 2.24) is 14.7 Å². The summed E-state index contributed by atoms with van der Waals surface area (Å²) in [4.78, 5) is 7.99. The first kappa shape index (κ1) is 22.0. The molecule has 0 amide bonds. The van der Waals surface area contributed by atoms with Gasteiger partial charge in [0.2, 0.25) is 0 Å². The zero-order valence-electron chi connectivity index (χ0n) is 14.9. The fraction of sp³-hybridized carbons (Fsp3) is 0.412. The number of benzene rings is 1. The molecule has 0 saturated heterocycles. The van der Waals surface area contributed by atoms with Crippen LogP contribution in [0, 0.1) is 0 Å². The lowest BCUT2D eigenvalue weighted by Crippen LogP contribution is -2.32. The summed E-state index contributed by atoms with van der Waals surface area (Å²) in [7, 11) is -3.80. The van der Waals surface area contributed by atoms with Crippen LogP contribution < -0.4 is 9.44 Å². The van der Waals surface area contributed by atoms with Crippen molar-refractivity contribution in [3.8, 4) is 11.1 Å². The Morgan fingerprint density at radius 1 is 1.15 bits per heavy atom. The topological polar surface area (TPSA) is 93.2 Å². The molecule has 0 bridgehead atoms. The van der Waals surface area contributed by atoms with Crippen molar-refractivity contribution >= 4 is 43.6 Å². The number of rotatable bonds is 11. The molecular formula is C17H22BrClN4O3S. The summed E-state index contributed by atoms with van der Waals surface area (Å²) in [5.74, 6) is 0.115. The molecular weight excluding hydrogens is 456 g/mol. The van der Waals surface area contributed by atoms with Crippen LogP contribution in [0.25, 0.3) is 11.1 Å². The van der Waals surface area contributed by atoms with Gasteiger partial charge in [-0.1, -0.05) is 53.0 Å².